The van der Waals surface area contributed by atoms with E-state index in [4.69, 9.17) is 0 Å². The fraction of sp³-hybridized carbons (Fsp3) is 0.429. The van der Waals surface area contributed by atoms with Gasteiger partial charge >= 0.3 is 6.18 Å². The predicted octanol–water partition coefficient (Wildman–Crippen LogP) is 4.58. The molecule has 1 aromatic carbocycles. The first kappa shape index (κ1) is 29.7. The van der Waals surface area contributed by atoms with Crippen LogP contribution in [0.4, 0.5) is 28.9 Å². The SMILES string of the molecule is CC1CN(c2cc(F)c(-c3nc(C(=O)NCC4CC4)cs3)cc2NC(=O)c2c[nH]c(=O)cc2C(F)(F)F)CC(C)N1C. The van der Waals surface area contributed by atoms with Crippen molar-refractivity contribution in [2.24, 2.45) is 5.92 Å². The number of anilines is 2. The average molecular weight is 607 g/mol. The molecule has 1 aliphatic carbocycles. The molecule has 1 aliphatic heterocycles. The molecular weight excluding hydrogens is 576 g/mol. The average Bonchev–Trinajstić information content (AvgIpc) is 3.63. The van der Waals surface area contributed by atoms with Gasteiger partial charge in [-0.15, -0.1) is 11.3 Å². The third-order valence-electron chi connectivity index (χ3n) is 7.72. The topological polar surface area (TPSA) is 110 Å². The van der Waals surface area contributed by atoms with Crippen LogP contribution >= 0.6 is 11.3 Å². The van der Waals surface area contributed by atoms with E-state index in [1.807, 2.05) is 25.8 Å². The predicted molar refractivity (Wildman–Crippen MR) is 151 cm³/mol. The standard InChI is InChI=1S/C28H30F4N6O3S/c1-14-11-38(12-15(2)37(14)3)23-8-20(29)17(27-36-22(13-42-27)26(41)34-9-16-4-5-16)6-21(23)35-25(40)18-10-33-24(39)7-19(18)28(30,31)32/h6-8,10,13-16H,4-5,9,11-12H2,1-3H3,(H,33,39)(H,34,41)(H,35,40). The number of halogens is 4. The molecule has 3 heterocycles. The van der Waals surface area contributed by atoms with Crippen LogP contribution in [-0.2, 0) is 6.18 Å². The Kier molecular flexibility index (Phi) is 8.12. The number of aromatic amines is 1. The number of nitrogens with zero attached hydrogens (tertiary/aromatic N) is 3. The number of hydrogen-bond donors (Lipinski definition) is 3. The molecule has 2 aliphatic rings. The Bertz CT molecular complexity index is 1560. The van der Waals surface area contributed by atoms with Crippen molar-refractivity contribution in [2.45, 2.75) is 44.9 Å². The monoisotopic (exact) mass is 606 g/mol. The fourth-order valence-electron chi connectivity index (χ4n) is 4.92. The van der Waals surface area contributed by atoms with Gasteiger partial charge in [-0.25, -0.2) is 9.37 Å². The lowest BCUT2D eigenvalue weighted by molar-refractivity contribution is -0.138. The van der Waals surface area contributed by atoms with Crippen molar-refractivity contribution in [3.8, 4) is 10.6 Å². The largest absolute Gasteiger partial charge is 0.417 e. The number of alkyl halides is 3. The minimum atomic E-state index is -4.96. The van der Waals surface area contributed by atoms with Gasteiger partial charge in [0.1, 0.15) is 16.5 Å². The minimum Gasteiger partial charge on any atom is -0.367 e. The summed E-state index contributed by atoms with van der Waals surface area (Å²) in [6.07, 6.45) is -2.14. The number of pyridine rings is 1. The highest BCUT2D eigenvalue weighted by Crippen LogP contribution is 2.38. The molecule has 0 bridgehead atoms. The van der Waals surface area contributed by atoms with Crippen LogP contribution in [0.25, 0.3) is 10.6 Å². The number of carbonyl (C=O) groups excluding carboxylic acids is 2. The van der Waals surface area contributed by atoms with Crippen LogP contribution in [0, 0.1) is 11.7 Å². The Hall–Kier alpha value is -3.78. The summed E-state index contributed by atoms with van der Waals surface area (Å²) in [5.41, 5.74) is -2.74. The van der Waals surface area contributed by atoms with Crippen LogP contribution in [0.3, 0.4) is 0 Å². The molecule has 2 unspecified atom stereocenters. The normalized spacial score (nSPS) is 19.5. The lowest BCUT2D eigenvalue weighted by Gasteiger charge is -2.44. The number of piperazine rings is 1. The van der Waals surface area contributed by atoms with Gasteiger partial charge in [0.25, 0.3) is 11.8 Å². The maximum Gasteiger partial charge on any atom is 0.417 e. The second-order valence-electron chi connectivity index (χ2n) is 10.9. The summed E-state index contributed by atoms with van der Waals surface area (Å²) in [7, 11) is 1.97. The van der Waals surface area contributed by atoms with Crippen molar-refractivity contribution in [3.63, 3.8) is 0 Å². The van der Waals surface area contributed by atoms with Gasteiger partial charge < -0.3 is 20.5 Å². The fourth-order valence-corrected chi connectivity index (χ4v) is 5.74. The number of benzene rings is 1. The summed E-state index contributed by atoms with van der Waals surface area (Å²) in [6, 6.07) is 2.99. The molecule has 0 spiro atoms. The number of H-pyrrole nitrogens is 1. The van der Waals surface area contributed by atoms with E-state index in [0.717, 1.165) is 24.2 Å². The van der Waals surface area contributed by atoms with E-state index in [-0.39, 0.29) is 45.6 Å². The van der Waals surface area contributed by atoms with Crippen LogP contribution in [0.5, 0.6) is 0 Å². The minimum absolute atomic E-state index is 0.0203. The third-order valence-corrected chi connectivity index (χ3v) is 8.60. The van der Waals surface area contributed by atoms with Gasteiger partial charge in [-0.05, 0) is 45.7 Å². The summed E-state index contributed by atoms with van der Waals surface area (Å²) in [4.78, 5) is 47.8. The second kappa shape index (κ2) is 11.5. The first-order valence-electron chi connectivity index (χ1n) is 13.5. The molecule has 224 valence electrons. The lowest BCUT2D eigenvalue weighted by Crippen LogP contribution is -2.55. The number of aromatic nitrogens is 2. The van der Waals surface area contributed by atoms with Crippen molar-refractivity contribution >= 4 is 34.5 Å². The van der Waals surface area contributed by atoms with E-state index in [0.29, 0.717) is 37.8 Å². The molecule has 2 amide bonds. The zero-order valence-corrected chi connectivity index (χ0v) is 24.0. The lowest BCUT2D eigenvalue weighted by atomic mass is 10.1. The molecule has 9 nitrogen and oxygen atoms in total. The van der Waals surface area contributed by atoms with Gasteiger partial charge in [-0.2, -0.15) is 13.2 Å². The highest BCUT2D eigenvalue weighted by Gasteiger charge is 2.36. The highest BCUT2D eigenvalue weighted by molar-refractivity contribution is 7.13. The molecule has 5 rings (SSSR count). The second-order valence-corrected chi connectivity index (χ2v) is 11.7. The Morgan fingerprint density at radius 3 is 2.45 bits per heavy atom. The molecule has 2 aromatic heterocycles. The molecular formula is C28H30F4N6O3S. The highest BCUT2D eigenvalue weighted by atomic mass is 32.1. The van der Waals surface area contributed by atoms with Crippen LogP contribution in [-0.4, -0.2) is 65.4 Å². The first-order valence-corrected chi connectivity index (χ1v) is 14.4. The third kappa shape index (κ3) is 6.33. The maximum atomic E-state index is 15.7. The van der Waals surface area contributed by atoms with Gasteiger partial charge in [0.15, 0.2) is 0 Å². The van der Waals surface area contributed by atoms with Crippen LogP contribution in [0.15, 0.2) is 34.6 Å². The number of thiazole rings is 1. The van der Waals surface area contributed by atoms with Crippen molar-refractivity contribution < 1.29 is 27.2 Å². The zero-order chi connectivity index (χ0) is 30.3. The van der Waals surface area contributed by atoms with Crippen LogP contribution in [0.1, 0.15) is 53.1 Å². The molecule has 1 saturated carbocycles. The molecule has 0 radical (unpaired) electrons. The van der Waals surface area contributed by atoms with E-state index in [1.165, 1.54) is 17.5 Å². The van der Waals surface area contributed by atoms with Crippen LogP contribution in [0.2, 0.25) is 0 Å². The molecule has 2 atom stereocenters. The van der Waals surface area contributed by atoms with Crippen LogP contribution < -0.4 is 21.1 Å². The first-order chi connectivity index (χ1) is 19.8. The van der Waals surface area contributed by atoms with Gasteiger partial charge in [-0.1, -0.05) is 0 Å². The maximum absolute atomic E-state index is 15.7. The summed E-state index contributed by atoms with van der Waals surface area (Å²) < 4.78 is 56.7. The number of hydrogen-bond acceptors (Lipinski definition) is 7. The van der Waals surface area contributed by atoms with Crippen molar-refractivity contribution in [2.75, 3.05) is 36.9 Å². The molecule has 42 heavy (non-hydrogen) atoms. The van der Waals surface area contributed by atoms with Crippen molar-refractivity contribution in [1.29, 1.82) is 0 Å². The number of nitrogens with one attached hydrogen (secondary N) is 3. The van der Waals surface area contributed by atoms with Gasteiger partial charge in [-0.3, -0.25) is 19.3 Å². The summed E-state index contributed by atoms with van der Waals surface area (Å²) in [5, 5.41) is 7.00. The van der Waals surface area contributed by atoms with E-state index in [2.05, 4.69) is 25.5 Å². The Morgan fingerprint density at radius 1 is 1.12 bits per heavy atom. The summed E-state index contributed by atoms with van der Waals surface area (Å²) >= 11 is 1.04. The molecule has 1 saturated heterocycles. The smallest absolute Gasteiger partial charge is 0.367 e. The number of amides is 2. The van der Waals surface area contributed by atoms with Gasteiger partial charge in [0.2, 0.25) is 5.56 Å². The molecule has 3 N–H and O–H groups in total. The van der Waals surface area contributed by atoms with E-state index in [9.17, 15) is 27.6 Å². The summed E-state index contributed by atoms with van der Waals surface area (Å²) in [6.45, 7) is 5.46. The molecule has 14 heteroatoms. The number of carbonyl (C=O) groups is 2. The quantitative estimate of drug-likeness (QED) is 0.340. The molecule has 3 aromatic rings. The van der Waals surface area contributed by atoms with Crippen molar-refractivity contribution in [1.82, 2.24) is 20.2 Å². The van der Waals surface area contributed by atoms with Gasteiger partial charge in [0, 0.05) is 61.0 Å². The Balaban J connectivity index is 1.53. The summed E-state index contributed by atoms with van der Waals surface area (Å²) in [5.74, 6) is -1.72. The van der Waals surface area contributed by atoms with Crippen molar-refractivity contribution in [3.05, 3.63) is 62.8 Å². The van der Waals surface area contributed by atoms with E-state index in [1.54, 1.807) is 0 Å². The number of rotatable bonds is 7. The zero-order valence-electron chi connectivity index (χ0n) is 23.1. The Labute approximate surface area is 242 Å². The van der Waals surface area contributed by atoms with E-state index >= 15 is 4.39 Å². The Morgan fingerprint density at radius 2 is 1.81 bits per heavy atom. The number of likely N-dealkylation sites (N-methyl/N-ethyl adjacent to an activating group) is 1. The van der Waals surface area contributed by atoms with E-state index < -0.39 is 34.6 Å². The van der Waals surface area contributed by atoms with Gasteiger partial charge in [0.05, 0.1) is 22.5 Å². The molecule has 2 fully saturated rings.